The number of nitrogens with zero attached hydrogens (tertiary/aromatic N) is 7. The van der Waals surface area contributed by atoms with Crippen molar-refractivity contribution >= 4 is 110 Å². The van der Waals surface area contributed by atoms with Crippen LogP contribution in [0, 0.1) is 0 Å². The van der Waals surface area contributed by atoms with E-state index in [1.807, 2.05) is 48.5 Å². The Morgan fingerprint density at radius 3 is 1.78 bits per heavy atom. The number of para-hydroxylation sites is 3. The Morgan fingerprint density at radius 1 is 0.891 bits per heavy atom. The molecule has 0 radical (unpaired) electrons. The molecule has 46 heavy (non-hydrogen) atoms. The standard InChI is InChI=1S/C12H9Cl2N5OS.C6H5N3.C4H2Cl2N2OS.C2H4O.2CH4.H2O/c1-6(15-12(20)10-9(13)11(14)17-21-10)19-8-5-3-2-4-7(8)16-18-19;1-2-4-6-5(3-1)7-9-8-6;5-1-2(4(7)9)10-8-3(1)6;1-2-3;;;/h2-6H,1H3,(H,15,20);1-4H,(H,7,8,9);(H2,7,9);2H,1H3;2*1H4;1H2/p-1. The van der Waals surface area contributed by atoms with Gasteiger partial charge in [0.2, 0.25) is 0 Å². The topological polar surface area (TPSA) is 217 Å². The Labute approximate surface area is 291 Å². The predicted molar refractivity (Wildman–Crippen MR) is 184 cm³/mol. The van der Waals surface area contributed by atoms with Crippen molar-refractivity contribution in [3.63, 3.8) is 0 Å². The van der Waals surface area contributed by atoms with Crippen molar-refractivity contribution in [3.05, 3.63) is 78.6 Å². The number of carbonyl (C=O) groups excluding carboxylic acids is 3. The molecule has 0 spiro atoms. The highest BCUT2D eigenvalue weighted by molar-refractivity contribution is 7.09. The molecule has 20 heteroatoms. The monoisotopic (exact) mass is 749 g/mol. The first-order chi connectivity index (χ1) is 20.6. The number of nitrogens with two attached hydrogens (primary N) is 1. The Hall–Kier alpha value is -3.77. The largest absolute Gasteiger partial charge is 0.870 e. The maximum Gasteiger partial charge on any atom is 0.266 e. The number of carbonyl (C=O) groups is 3. The summed E-state index contributed by atoms with van der Waals surface area (Å²) in [7, 11) is 0. The number of hydrogen-bond acceptors (Lipinski definition) is 12. The second-order valence-electron chi connectivity index (χ2n) is 7.82. The van der Waals surface area contributed by atoms with Gasteiger partial charge in [0.1, 0.15) is 48.8 Å². The summed E-state index contributed by atoms with van der Waals surface area (Å²) >= 11 is 24.5. The normalized spacial score (nSPS) is 10.1. The lowest BCUT2D eigenvalue weighted by molar-refractivity contribution is -0.106. The van der Waals surface area contributed by atoms with E-state index < -0.39 is 5.91 Å². The van der Waals surface area contributed by atoms with Crippen LogP contribution >= 0.6 is 69.5 Å². The van der Waals surface area contributed by atoms with Crippen molar-refractivity contribution < 1.29 is 19.9 Å². The quantitative estimate of drug-likeness (QED) is 0.157. The lowest BCUT2D eigenvalue weighted by Gasteiger charge is -2.14. The zero-order valence-corrected chi connectivity index (χ0v) is 27.1. The van der Waals surface area contributed by atoms with Gasteiger partial charge in [0, 0.05) is 0 Å². The van der Waals surface area contributed by atoms with Crippen LogP contribution in [-0.2, 0) is 4.79 Å². The van der Waals surface area contributed by atoms with Gasteiger partial charge in [0.05, 0.1) is 5.52 Å². The van der Waals surface area contributed by atoms with Crippen LogP contribution in [0.1, 0.15) is 54.2 Å². The molecule has 6 rings (SSSR count). The number of H-pyrrole nitrogens is 1. The number of aromatic amines is 1. The van der Waals surface area contributed by atoms with Gasteiger partial charge in [-0.1, -0.05) is 90.7 Å². The number of amides is 2. The second-order valence-corrected chi connectivity index (χ2v) is 10.8. The number of nitrogens with one attached hydrogen (secondary N) is 2. The first kappa shape index (κ1) is 42.2. The molecule has 2 amide bonds. The number of fused-ring (bicyclic) bond motifs is 2. The number of aldehydes is 1. The van der Waals surface area contributed by atoms with Crippen molar-refractivity contribution in [2.45, 2.75) is 34.9 Å². The molecule has 4 aromatic heterocycles. The van der Waals surface area contributed by atoms with Gasteiger partial charge in [-0.3, -0.25) is 9.59 Å². The van der Waals surface area contributed by atoms with Crippen molar-refractivity contribution in [2.75, 3.05) is 0 Å². The van der Waals surface area contributed by atoms with Gasteiger partial charge in [0.15, 0.2) is 10.3 Å². The van der Waals surface area contributed by atoms with E-state index >= 15 is 0 Å². The molecule has 14 nitrogen and oxygen atoms in total. The van der Waals surface area contributed by atoms with Crippen LogP contribution in [0.3, 0.4) is 0 Å². The number of benzene rings is 2. The number of aromatic nitrogens is 8. The third-order valence-electron chi connectivity index (χ3n) is 4.93. The predicted octanol–water partition coefficient (Wildman–Crippen LogP) is 6.95. The lowest BCUT2D eigenvalue weighted by atomic mass is 10.3. The summed E-state index contributed by atoms with van der Waals surface area (Å²) in [6.07, 6.45) is 0.363. The van der Waals surface area contributed by atoms with Crippen LogP contribution in [0.15, 0.2) is 48.5 Å². The Kier molecular flexibility index (Phi) is 18.7. The van der Waals surface area contributed by atoms with Crippen LogP contribution in [-0.4, -0.2) is 62.7 Å². The Morgan fingerprint density at radius 2 is 1.35 bits per heavy atom. The number of primary amides is 1. The first-order valence-corrected chi connectivity index (χ1v) is 14.8. The molecule has 0 aliphatic heterocycles. The average Bonchev–Trinajstić information content (AvgIpc) is 3.78. The summed E-state index contributed by atoms with van der Waals surface area (Å²) < 4.78 is 9.08. The van der Waals surface area contributed by atoms with Gasteiger partial charge in [-0.15, -0.1) is 5.10 Å². The number of rotatable bonds is 4. The number of halogens is 4. The fourth-order valence-corrected chi connectivity index (χ4v) is 5.28. The van der Waals surface area contributed by atoms with Crippen LogP contribution < -0.4 is 11.1 Å². The van der Waals surface area contributed by atoms with Crippen LogP contribution in [0.4, 0.5) is 0 Å². The fourth-order valence-electron chi connectivity index (χ4n) is 3.09. The van der Waals surface area contributed by atoms with E-state index in [2.05, 4.69) is 39.8 Å². The molecule has 4 heterocycles. The van der Waals surface area contributed by atoms with E-state index in [1.54, 1.807) is 11.6 Å². The molecule has 5 N–H and O–H groups in total. The molecule has 1 unspecified atom stereocenters. The third kappa shape index (κ3) is 10.9. The van der Waals surface area contributed by atoms with Crippen molar-refractivity contribution in [3.8, 4) is 0 Å². The van der Waals surface area contributed by atoms with E-state index in [0.29, 0.717) is 0 Å². The maximum absolute atomic E-state index is 12.2. The highest BCUT2D eigenvalue weighted by Crippen LogP contribution is 2.29. The second kappa shape index (κ2) is 20.4. The first-order valence-electron chi connectivity index (χ1n) is 11.8. The molecule has 0 fully saturated rings. The van der Waals surface area contributed by atoms with Crippen molar-refractivity contribution in [2.24, 2.45) is 5.73 Å². The minimum absolute atomic E-state index is 0. The average molecular weight is 752 g/mol. The molecule has 0 aliphatic rings. The Balaban J connectivity index is 0.000000682. The smallest absolute Gasteiger partial charge is 0.266 e. The van der Waals surface area contributed by atoms with Gasteiger partial charge in [0.25, 0.3) is 11.8 Å². The summed E-state index contributed by atoms with van der Waals surface area (Å²) in [6.45, 7) is 3.25. The SMILES string of the molecule is C.C.CC(NC(=O)c1snc(Cl)c1Cl)n1nnc2ccccc21.CC=O.NC(=O)c1snc(Cl)c1Cl.[OH-].c1ccc2n[nH]nc2c1. The van der Waals surface area contributed by atoms with Gasteiger partial charge in [-0.25, -0.2) is 4.68 Å². The summed E-state index contributed by atoms with van der Waals surface area (Å²) in [4.78, 5) is 31.9. The van der Waals surface area contributed by atoms with Crippen LogP contribution in [0.25, 0.3) is 22.1 Å². The van der Waals surface area contributed by atoms with E-state index in [4.69, 9.17) is 56.9 Å². The molecule has 0 aliphatic carbocycles. The maximum atomic E-state index is 12.2. The van der Waals surface area contributed by atoms with Gasteiger partial charge < -0.3 is 21.3 Å². The summed E-state index contributed by atoms with van der Waals surface area (Å²) in [5, 5.41) is 21.7. The fraction of sp³-hybridized carbons (Fsp3) is 0.192. The molecule has 0 saturated heterocycles. The van der Waals surface area contributed by atoms with Gasteiger partial charge >= 0.3 is 0 Å². The molecule has 1 atom stereocenters. The van der Waals surface area contributed by atoms with Crippen molar-refractivity contribution in [1.29, 1.82) is 0 Å². The minimum Gasteiger partial charge on any atom is -0.870 e. The minimum atomic E-state index is -0.602. The summed E-state index contributed by atoms with van der Waals surface area (Å²) in [6, 6.07) is 15.2. The van der Waals surface area contributed by atoms with E-state index in [1.165, 1.54) is 6.92 Å². The van der Waals surface area contributed by atoms with Gasteiger partial charge in [-0.2, -0.15) is 24.2 Å². The van der Waals surface area contributed by atoms with Gasteiger partial charge in [-0.05, 0) is 61.2 Å². The van der Waals surface area contributed by atoms with Crippen LogP contribution in [0.2, 0.25) is 20.4 Å². The highest BCUT2D eigenvalue weighted by atomic mass is 35.5. The molecule has 248 valence electrons. The highest BCUT2D eigenvalue weighted by Gasteiger charge is 2.20. The number of hydrogen-bond donors (Lipinski definition) is 3. The van der Waals surface area contributed by atoms with E-state index in [-0.39, 0.29) is 62.5 Å². The molecule has 6 aromatic rings. The van der Waals surface area contributed by atoms with E-state index in [9.17, 15) is 9.59 Å². The Bertz CT molecular complexity index is 1810. The molecular weight excluding hydrogens is 722 g/mol. The third-order valence-corrected chi connectivity index (χ3v) is 8.54. The van der Waals surface area contributed by atoms with Crippen LogP contribution in [0.5, 0.6) is 0 Å². The molecule has 2 aromatic carbocycles. The molecular formula is C26H29Cl4N10O4S2-. The van der Waals surface area contributed by atoms with E-state index in [0.717, 1.165) is 51.4 Å². The summed E-state index contributed by atoms with van der Waals surface area (Å²) in [5.74, 6) is -0.953. The van der Waals surface area contributed by atoms with Crippen molar-refractivity contribution in [1.82, 2.24) is 44.5 Å². The lowest BCUT2D eigenvalue weighted by Crippen LogP contribution is -2.30. The molecule has 0 bridgehead atoms. The summed E-state index contributed by atoms with van der Waals surface area (Å²) in [5.41, 5.74) is 8.34. The zero-order chi connectivity index (χ0) is 31.5. The molecule has 0 saturated carbocycles. The zero-order valence-electron chi connectivity index (χ0n) is 22.5.